The Kier molecular flexibility index (Phi) is 4.87. The number of aromatic nitrogens is 1. The molecule has 0 atom stereocenters. The van der Waals surface area contributed by atoms with E-state index in [9.17, 15) is 4.79 Å². The molecule has 27 heavy (non-hydrogen) atoms. The number of hydrogen-bond donors (Lipinski definition) is 0. The van der Waals surface area contributed by atoms with Gasteiger partial charge in [-0.25, -0.2) is 4.98 Å². The molecule has 4 rings (SSSR count). The van der Waals surface area contributed by atoms with Crippen molar-refractivity contribution in [2.45, 2.75) is 27.2 Å². The summed E-state index contributed by atoms with van der Waals surface area (Å²) in [6.07, 6.45) is 0.494. The van der Waals surface area contributed by atoms with E-state index in [2.05, 4.69) is 62.1 Å². The largest absolute Gasteiger partial charge is 0.345 e. The molecule has 3 aromatic rings. The Morgan fingerprint density at radius 3 is 2.56 bits per heavy atom. The SMILES string of the molecule is Cc1ccc(C)c(CC(=O)N2CCN(c3nc4c(C)cccc4s3)CC2)c1. The van der Waals surface area contributed by atoms with Crippen LogP contribution in [-0.2, 0) is 11.2 Å². The van der Waals surface area contributed by atoms with Crippen molar-refractivity contribution in [2.75, 3.05) is 31.1 Å². The van der Waals surface area contributed by atoms with Crippen LogP contribution in [0.5, 0.6) is 0 Å². The molecule has 1 aliphatic heterocycles. The minimum absolute atomic E-state index is 0.225. The Balaban J connectivity index is 1.41. The lowest BCUT2D eigenvalue weighted by molar-refractivity contribution is -0.130. The smallest absolute Gasteiger partial charge is 0.227 e. The lowest BCUT2D eigenvalue weighted by atomic mass is 10.0. The fourth-order valence-corrected chi connectivity index (χ4v) is 4.72. The average Bonchev–Trinajstić information content (AvgIpc) is 3.10. The van der Waals surface area contributed by atoms with E-state index in [1.54, 1.807) is 11.3 Å². The molecule has 1 amide bonds. The summed E-state index contributed by atoms with van der Waals surface area (Å²) in [6.45, 7) is 9.47. The van der Waals surface area contributed by atoms with Gasteiger partial charge in [0.05, 0.1) is 16.6 Å². The van der Waals surface area contributed by atoms with Crippen molar-refractivity contribution in [1.82, 2.24) is 9.88 Å². The van der Waals surface area contributed by atoms with Crippen LogP contribution in [0.4, 0.5) is 5.13 Å². The van der Waals surface area contributed by atoms with Crippen molar-refractivity contribution in [2.24, 2.45) is 0 Å². The van der Waals surface area contributed by atoms with Crippen LogP contribution in [0.25, 0.3) is 10.2 Å². The summed E-state index contributed by atoms with van der Waals surface area (Å²) in [5.74, 6) is 0.225. The molecule has 0 N–H and O–H groups in total. The highest BCUT2D eigenvalue weighted by atomic mass is 32.1. The molecule has 1 saturated heterocycles. The van der Waals surface area contributed by atoms with Crippen LogP contribution in [0, 0.1) is 20.8 Å². The van der Waals surface area contributed by atoms with Crippen molar-refractivity contribution in [1.29, 1.82) is 0 Å². The molecule has 1 aliphatic rings. The van der Waals surface area contributed by atoms with Gasteiger partial charge in [-0.15, -0.1) is 0 Å². The highest BCUT2D eigenvalue weighted by molar-refractivity contribution is 7.22. The Hall–Kier alpha value is -2.40. The van der Waals surface area contributed by atoms with Crippen LogP contribution in [0.2, 0.25) is 0 Å². The van der Waals surface area contributed by atoms with Crippen molar-refractivity contribution in [3.8, 4) is 0 Å². The number of thiazole rings is 1. The number of carbonyl (C=O) groups is 1. The van der Waals surface area contributed by atoms with Gasteiger partial charge in [-0.2, -0.15) is 0 Å². The van der Waals surface area contributed by atoms with E-state index in [0.29, 0.717) is 6.42 Å². The number of benzene rings is 2. The second-order valence-corrected chi connectivity index (χ2v) is 8.40. The normalized spacial score (nSPS) is 14.8. The third-order valence-corrected chi connectivity index (χ3v) is 6.44. The van der Waals surface area contributed by atoms with E-state index >= 15 is 0 Å². The number of fused-ring (bicyclic) bond motifs is 1. The van der Waals surface area contributed by atoms with Crippen LogP contribution >= 0.6 is 11.3 Å². The first-order valence-corrected chi connectivity index (χ1v) is 10.3. The van der Waals surface area contributed by atoms with Gasteiger partial charge in [0.1, 0.15) is 0 Å². The minimum Gasteiger partial charge on any atom is -0.345 e. The fraction of sp³-hybridized carbons (Fsp3) is 0.364. The first-order chi connectivity index (χ1) is 13.0. The lowest BCUT2D eigenvalue weighted by Crippen LogP contribution is -2.49. The number of para-hydroxylation sites is 1. The van der Waals surface area contributed by atoms with E-state index in [4.69, 9.17) is 4.98 Å². The molecule has 0 saturated carbocycles. The van der Waals surface area contributed by atoms with Gasteiger partial charge in [0, 0.05) is 26.2 Å². The first-order valence-electron chi connectivity index (χ1n) is 9.46. The molecular formula is C22H25N3OS. The summed E-state index contributed by atoms with van der Waals surface area (Å²) in [4.78, 5) is 21.9. The molecule has 0 bridgehead atoms. The van der Waals surface area contributed by atoms with E-state index in [-0.39, 0.29) is 5.91 Å². The summed E-state index contributed by atoms with van der Waals surface area (Å²) in [5.41, 5.74) is 5.86. The van der Waals surface area contributed by atoms with Crippen LogP contribution in [0.3, 0.4) is 0 Å². The van der Waals surface area contributed by atoms with Gasteiger partial charge in [-0.1, -0.05) is 47.2 Å². The molecule has 1 aromatic heterocycles. The summed E-state index contributed by atoms with van der Waals surface area (Å²) in [7, 11) is 0. The molecule has 140 valence electrons. The number of piperazine rings is 1. The van der Waals surface area contributed by atoms with Gasteiger partial charge in [0.2, 0.25) is 5.91 Å². The highest BCUT2D eigenvalue weighted by Crippen LogP contribution is 2.31. The number of rotatable bonds is 3. The second-order valence-electron chi connectivity index (χ2n) is 7.39. The number of carbonyl (C=O) groups excluding carboxylic acids is 1. The number of nitrogens with zero attached hydrogens (tertiary/aromatic N) is 3. The van der Waals surface area contributed by atoms with Gasteiger partial charge in [-0.3, -0.25) is 4.79 Å². The lowest BCUT2D eigenvalue weighted by Gasteiger charge is -2.34. The van der Waals surface area contributed by atoms with Crippen molar-refractivity contribution in [3.63, 3.8) is 0 Å². The highest BCUT2D eigenvalue weighted by Gasteiger charge is 2.23. The quantitative estimate of drug-likeness (QED) is 0.687. The van der Waals surface area contributed by atoms with Crippen molar-refractivity contribution < 1.29 is 4.79 Å². The van der Waals surface area contributed by atoms with Gasteiger partial charge in [-0.05, 0) is 43.5 Å². The van der Waals surface area contributed by atoms with Gasteiger partial charge < -0.3 is 9.80 Å². The van der Waals surface area contributed by atoms with E-state index in [1.807, 2.05) is 4.90 Å². The Bertz CT molecular complexity index is 986. The third-order valence-electron chi connectivity index (χ3n) is 5.36. The molecule has 5 heteroatoms. The van der Waals surface area contributed by atoms with Crippen LogP contribution in [0.1, 0.15) is 22.3 Å². The van der Waals surface area contributed by atoms with Gasteiger partial charge in [0.25, 0.3) is 0 Å². The van der Waals surface area contributed by atoms with Crippen LogP contribution in [-0.4, -0.2) is 42.0 Å². The summed E-state index contributed by atoms with van der Waals surface area (Å²) in [5, 5.41) is 1.07. The average molecular weight is 380 g/mol. The molecule has 0 aliphatic carbocycles. The molecule has 0 spiro atoms. The third kappa shape index (κ3) is 3.69. The summed E-state index contributed by atoms with van der Waals surface area (Å²) in [6, 6.07) is 12.7. The standard InChI is InChI=1S/C22H25N3OS/c1-15-7-8-16(2)18(13-15)14-20(26)24-9-11-25(12-10-24)22-23-21-17(3)5-4-6-19(21)27-22/h4-8,13H,9-12,14H2,1-3H3. The summed E-state index contributed by atoms with van der Waals surface area (Å²) >= 11 is 1.75. The molecule has 2 aromatic carbocycles. The maximum Gasteiger partial charge on any atom is 0.227 e. The molecular weight excluding hydrogens is 354 g/mol. The Morgan fingerprint density at radius 2 is 1.81 bits per heavy atom. The predicted octanol–water partition coefficient (Wildman–Crippen LogP) is 4.11. The zero-order chi connectivity index (χ0) is 19.0. The van der Waals surface area contributed by atoms with Crippen LogP contribution in [0.15, 0.2) is 36.4 Å². The molecule has 0 unspecified atom stereocenters. The Labute approximate surface area is 164 Å². The predicted molar refractivity (Wildman–Crippen MR) is 113 cm³/mol. The number of anilines is 1. The molecule has 2 heterocycles. The number of hydrogen-bond acceptors (Lipinski definition) is 4. The van der Waals surface area contributed by atoms with Gasteiger partial charge >= 0.3 is 0 Å². The first kappa shape index (κ1) is 18.0. The maximum absolute atomic E-state index is 12.8. The molecule has 1 fully saturated rings. The molecule has 0 radical (unpaired) electrons. The Morgan fingerprint density at radius 1 is 1.04 bits per heavy atom. The summed E-state index contributed by atoms with van der Waals surface area (Å²) < 4.78 is 1.23. The van der Waals surface area contributed by atoms with E-state index in [0.717, 1.165) is 42.4 Å². The monoisotopic (exact) mass is 379 g/mol. The fourth-order valence-electron chi connectivity index (χ4n) is 3.62. The maximum atomic E-state index is 12.8. The second kappa shape index (κ2) is 7.31. The number of aryl methyl sites for hydroxylation is 3. The number of amides is 1. The van der Waals surface area contributed by atoms with Crippen LogP contribution < -0.4 is 4.90 Å². The van der Waals surface area contributed by atoms with Crippen molar-refractivity contribution in [3.05, 3.63) is 58.7 Å². The van der Waals surface area contributed by atoms with E-state index in [1.165, 1.54) is 21.4 Å². The topological polar surface area (TPSA) is 36.4 Å². The van der Waals surface area contributed by atoms with Gasteiger partial charge in [0.15, 0.2) is 5.13 Å². The zero-order valence-electron chi connectivity index (χ0n) is 16.2. The zero-order valence-corrected chi connectivity index (χ0v) is 17.0. The van der Waals surface area contributed by atoms with Crippen molar-refractivity contribution >= 4 is 32.6 Å². The minimum atomic E-state index is 0.225. The van der Waals surface area contributed by atoms with E-state index < -0.39 is 0 Å². The molecule has 4 nitrogen and oxygen atoms in total.